The number of likely N-dealkylation sites (N-methyl/N-ethyl adjacent to an activating group) is 1. The van der Waals surface area contributed by atoms with Gasteiger partial charge in [-0.15, -0.1) is 0 Å². The molecule has 0 saturated carbocycles. The lowest BCUT2D eigenvalue weighted by molar-refractivity contribution is -0.136. The van der Waals surface area contributed by atoms with Crippen molar-refractivity contribution in [1.29, 1.82) is 0 Å². The molecule has 33 heavy (non-hydrogen) atoms. The number of carbonyl (C=O) groups is 3. The summed E-state index contributed by atoms with van der Waals surface area (Å²) in [5.74, 6) is 0.861. The van der Waals surface area contributed by atoms with Crippen LogP contribution < -0.4 is 14.8 Å². The van der Waals surface area contributed by atoms with Gasteiger partial charge in [-0.3, -0.25) is 14.4 Å². The van der Waals surface area contributed by atoms with E-state index in [9.17, 15) is 14.4 Å². The second kappa shape index (κ2) is 10.4. The first-order valence-corrected chi connectivity index (χ1v) is 11.9. The van der Waals surface area contributed by atoms with E-state index in [0.29, 0.717) is 62.5 Å². The number of hydrogen-bond donors (Lipinski definition) is 1. The molecule has 1 atom stereocenters. The minimum absolute atomic E-state index is 0.0326. The second-order valence-electron chi connectivity index (χ2n) is 9.99. The lowest BCUT2D eigenvalue weighted by atomic mass is 9.86. The number of nitrogens with zero attached hydrogens (tertiary/aromatic N) is 2. The largest absolute Gasteiger partial charge is 0.454 e. The average Bonchev–Trinajstić information content (AvgIpc) is 3.25. The molecule has 0 bridgehead atoms. The van der Waals surface area contributed by atoms with Crippen LogP contribution in [0.5, 0.6) is 11.5 Å². The topological polar surface area (TPSA) is 88.2 Å². The van der Waals surface area contributed by atoms with Gasteiger partial charge in [0.25, 0.3) is 5.91 Å². The zero-order valence-electron chi connectivity index (χ0n) is 20.5. The van der Waals surface area contributed by atoms with Crippen LogP contribution in [-0.2, 0) is 9.59 Å². The molecule has 182 valence electrons. The highest BCUT2D eigenvalue weighted by Gasteiger charge is 2.36. The van der Waals surface area contributed by atoms with Crippen LogP contribution in [0.25, 0.3) is 0 Å². The van der Waals surface area contributed by atoms with Crippen molar-refractivity contribution < 1.29 is 23.9 Å². The van der Waals surface area contributed by atoms with Gasteiger partial charge in [0.05, 0.1) is 0 Å². The highest BCUT2D eigenvalue weighted by atomic mass is 16.7. The molecule has 2 aliphatic heterocycles. The molecule has 3 rings (SSSR count). The van der Waals surface area contributed by atoms with E-state index in [-0.39, 0.29) is 35.8 Å². The number of rotatable bonds is 7. The van der Waals surface area contributed by atoms with Gasteiger partial charge >= 0.3 is 0 Å². The van der Waals surface area contributed by atoms with Crippen molar-refractivity contribution >= 4 is 17.7 Å². The minimum Gasteiger partial charge on any atom is -0.454 e. The van der Waals surface area contributed by atoms with E-state index in [1.54, 1.807) is 23.1 Å². The van der Waals surface area contributed by atoms with Gasteiger partial charge in [0.15, 0.2) is 11.5 Å². The lowest BCUT2D eigenvalue weighted by Gasteiger charge is -2.38. The standard InChI is InChI=1S/C25H37N3O5/c1-6-27(7-2)24(31)22(17-10-12-28(13-11-17)21(29)15-25(3,4)5)26-23(30)18-8-9-19-20(14-18)33-16-32-19/h8-9,14,17,22H,6-7,10-13,15-16H2,1-5H3,(H,26,30)/t22-/m1/s1. The molecule has 2 aliphatic rings. The third kappa shape index (κ3) is 6.18. The van der Waals surface area contributed by atoms with Gasteiger partial charge in [-0.1, -0.05) is 20.8 Å². The maximum atomic E-state index is 13.3. The van der Waals surface area contributed by atoms with Crippen LogP contribution in [0.2, 0.25) is 0 Å². The molecule has 2 heterocycles. The summed E-state index contributed by atoms with van der Waals surface area (Å²) in [7, 11) is 0. The number of piperidine rings is 1. The van der Waals surface area contributed by atoms with E-state index < -0.39 is 6.04 Å². The number of hydrogen-bond acceptors (Lipinski definition) is 5. The Bertz CT molecular complexity index is 867. The molecule has 8 heteroatoms. The second-order valence-corrected chi connectivity index (χ2v) is 9.99. The summed E-state index contributed by atoms with van der Waals surface area (Å²) >= 11 is 0. The van der Waals surface area contributed by atoms with Gasteiger partial charge in [0, 0.05) is 38.2 Å². The van der Waals surface area contributed by atoms with E-state index in [1.807, 2.05) is 18.7 Å². The molecular formula is C25H37N3O5. The molecule has 1 fully saturated rings. The first kappa shape index (κ1) is 24.9. The summed E-state index contributed by atoms with van der Waals surface area (Å²) in [5, 5.41) is 3.00. The Balaban J connectivity index is 1.72. The SMILES string of the molecule is CCN(CC)C(=O)[C@H](NC(=O)c1ccc2c(c1)OCO2)C1CCN(C(=O)CC(C)(C)C)CC1. The van der Waals surface area contributed by atoms with Crippen LogP contribution in [0, 0.1) is 11.3 Å². The fourth-order valence-corrected chi connectivity index (χ4v) is 4.42. The Kier molecular flexibility index (Phi) is 7.87. The Morgan fingerprint density at radius 2 is 1.73 bits per heavy atom. The fraction of sp³-hybridized carbons (Fsp3) is 0.640. The third-order valence-corrected chi connectivity index (χ3v) is 6.31. The molecule has 1 saturated heterocycles. The van der Waals surface area contributed by atoms with Crippen LogP contribution in [-0.4, -0.2) is 66.5 Å². The number of carbonyl (C=O) groups excluding carboxylic acids is 3. The Hall–Kier alpha value is -2.77. The Morgan fingerprint density at radius 3 is 2.33 bits per heavy atom. The molecular weight excluding hydrogens is 422 g/mol. The van der Waals surface area contributed by atoms with Gasteiger partial charge in [0.2, 0.25) is 18.6 Å². The van der Waals surface area contributed by atoms with E-state index in [0.717, 1.165) is 0 Å². The number of amides is 3. The van der Waals surface area contributed by atoms with Crippen LogP contribution in [0.15, 0.2) is 18.2 Å². The summed E-state index contributed by atoms with van der Waals surface area (Å²) in [5.41, 5.74) is 0.364. The van der Waals surface area contributed by atoms with E-state index in [4.69, 9.17) is 9.47 Å². The van der Waals surface area contributed by atoms with Gasteiger partial charge in [-0.2, -0.15) is 0 Å². The first-order valence-electron chi connectivity index (χ1n) is 11.9. The summed E-state index contributed by atoms with van der Waals surface area (Å²) < 4.78 is 10.7. The minimum atomic E-state index is -0.636. The monoisotopic (exact) mass is 459 g/mol. The van der Waals surface area contributed by atoms with Crippen molar-refractivity contribution in [2.45, 2.75) is 59.9 Å². The van der Waals surface area contributed by atoms with E-state index in [2.05, 4.69) is 26.1 Å². The van der Waals surface area contributed by atoms with Crippen molar-refractivity contribution in [3.05, 3.63) is 23.8 Å². The smallest absolute Gasteiger partial charge is 0.252 e. The maximum absolute atomic E-state index is 13.3. The van der Waals surface area contributed by atoms with Crippen molar-refractivity contribution in [1.82, 2.24) is 15.1 Å². The molecule has 1 aromatic carbocycles. The van der Waals surface area contributed by atoms with E-state index >= 15 is 0 Å². The maximum Gasteiger partial charge on any atom is 0.252 e. The summed E-state index contributed by atoms with van der Waals surface area (Å²) in [6.07, 6.45) is 1.85. The van der Waals surface area contributed by atoms with Crippen molar-refractivity contribution in [2.24, 2.45) is 11.3 Å². The Morgan fingerprint density at radius 1 is 1.09 bits per heavy atom. The molecule has 0 radical (unpaired) electrons. The first-order chi connectivity index (χ1) is 15.6. The average molecular weight is 460 g/mol. The molecule has 8 nitrogen and oxygen atoms in total. The van der Waals surface area contributed by atoms with Crippen LogP contribution in [0.4, 0.5) is 0 Å². The third-order valence-electron chi connectivity index (χ3n) is 6.31. The normalized spacial score (nSPS) is 16.9. The highest BCUT2D eigenvalue weighted by molar-refractivity contribution is 5.98. The number of ether oxygens (including phenoxy) is 2. The highest BCUT2D eigenvalue weighted by Crippen LogP contribution is 2.33. The molecule has 1 aromatic rings. The van der Waals surface area contributed by atoms with Crippen molar-refractivity contribution in [3.8, 4) is 11.5 Å². The number of benzene rings is 1. The zero-order chi connectivity index (χ0) is 24.2. The van der Waals surface area contributed by atoms with E-state index in [1.165, 1.54) is 0 Å². The quantitative estimate of drug-likeness (QED) is 0.677. The predicted octanol–water partition coefficient (Wildman–Crippen LogP) is 3.06. The zero-order valence-corrected chi connectivity index (χ0v) is 20.5. The van der Waals surface area contributed by atoms with Gasteiger partial charge in [0.1, 0.15) is 6.04 Å². The van der Waals surface area contributed by atoms with Crippen LogP contribution in [0.1, 0.15) is 64.2 Å². The van der Waals surface area contributed by atoms with Crippen LogP contribution >= 0.6 is 0 Å². The lowest BCUT2D eigenvalue weighted by Crippen LogP contribution is -2.54. The number of nitrogens with one attached hydrogen (secondary N) is 1. The summed E-state index contributed by atoms with van der Waals surface area (Å²) in [4.78, 5) is 42.7. The fourth-order valence-electron chi connectivity index (χ4n) is 4.42. The number of fused-ring (bicyclic) bond motifs is 1. The molecule has 3 amide bonds. The van der Waals surface area contributed by atoms with Gasteiger partial charge < -0.3 is 24.6 Å². The van der Waals surface area contributed by atoms with Crippen molar-refractivity contribution in [3.63, 3.8) is 0 Å². The van der Waals surface area contributed by atoms with Crippen molar-refractivity contribution in [2.75, 3.05) is 33.0 Å². The summed E-state index contributed by atoms with van der Waals surface area (Å²) in [6, 6.07) is 4.39. The molecule has 1 N–H and O–H groups in total. The molecule has 0 aromatic heterocycles. The predicted molar refractivity (Wildman–Crippen MR) is 125 cm³/mol. The summed E-state index contributed by atoms with van der Waals surface area (Å²) in [6.45, 7) is 12.5. The van der Waals surface area contributed by atoms with Crippen LogP contribution in [0.3, 0.4) is 0 Å². The molecule has 0 aliphatic carbocycles. The molecule has 0 unspecified atom stereocenters. The molecule has 0 spiro atoms. The van der Waals surface area contributed by atoms with Gasteiger partial charge in [-0.25, -0.2) is 0 Å². The van der Waals surface area contributed by atoms with Gasteiger partial charge in [-0.05, 0) is 56.2 Å². The number of likely N-dealkylation sites (tertiary alicyclic amines) is 1. The Labute approximate surface area is 196 Å².